The van der Waals surface area contributed by atoms with Crippen LogP contribution >= 0.6 is 0 Å². The van der Waals surface area contributed by atoms with Crippen molar-refractivity contribution >= 4 is 28.9 Å². The van der Waals surface area contributed by atoms with E-state index in [1.807, 2.05) is 37.5 Å². The van der Waals surface area contributed by atoms with Crippen LogP contribution in [0.1, 0.15) is 50.5 Å². The van der Waals surface area contributed by atoms with Gasteiger partial charge in [0.2, 0.25) is 5.95 Å². The predicted octanol–water partition coefficient (Wildman–Crippen LogP) is 5.91. The van der Waals surface area contributed by atoms with Gasteiger partial charge in [-0.2, -0.15) is 0 Å². The summed E-state index contributed by atoms with van der Waals surface area (Å²) in [5.41, 5.74) is 3.37. The fourth-order valence-electron chi connectivity index (χ4n) is 4.47. The molecule has 0 unspecified atom stereocenters. The molecular weight excluding hydrogens is 448 g/mol. The minimum Gasteiger partial charge on any atom is -0.388 e. The Bertz CT molecular complexity index is 1400. The summed E-state index contributed by atoms with van der Waals surface area (Å²) >= 11 is 0. The molecule has 4 aromatic rings. The number of benzene rings is 1. The van der Waals surface area contributed by atoms with Crippen LogP contribution in [-0.4, -0.2) is 31.0 Å². The number of hydrogen-bond donors (Lipinski definition) is 2. The van der Waals surface area contributed by atoms with Crippen molar-refractivity contribution in [3.8, 4) is 11.3 Å². The van der Waals surface area contributed by atoms with E-state index in [1.54, 1.807) is 12.3 Å². The number of nitrogens with one attached hydrogen (secondary N) is 2. The van der Waals surface area contributed by atoms with Crippen LogP contribution in [0.2, 0.25) is 0 Å². The summed E-state index contributed by atoms with van der Waals surface area (Å²) in [7, 11) is 0. The lowest BCUT2D eigenvalue weighted by atomic mass is 10.1. The molecule has 35 heavy (non-hydrogen) atoms. The first-order valence-electron chi connectivity index (χ1n) is 11.8. The molecule has 0 radical (unpaired) electrons. The molecule has 1 aromatic carbocycles. The van der Waals surface area contributed by atoms with Gasteiger partial charge in [-0.05, 0) is 75.9 Å². The maximum Gasteiger partial charge on any atom is 0.229 e. The van der Waals surface area contributed by atoms with Crippen molar-refractivity contribution in [3.63, 3.8) is 0 Å². The highest BCUT2D eigenvalue weighted by Gasteiger charge is 2.18. The Balaban J connectivity index is 1.43. The van der Waals surface area contributed by atoms with Gasteiger partial charge in [-0.1, -0.05) is 0 Å². The molecule has 9 heteroatoms. The highest BCUT2D eigenvalue weighted by molar-refractivity contribution is 5.83. The molecule has 0 spiro atoms. The molecule has 0 bridgehead atoms. The first-order valence-corrected chi connectivity index (χ1v) is 11.8. The fourth-order valence-corrected chi connectivity index (χ4v) is 4.47. The summed E-state index contributed by atoms with van der Waals surface area (Å²) in [6.45, 7) is 6.81. The molecule has 1 fully saturated rings. The zero-order valence-corrected chi connectivity index (χ0v) is 19.9. The van der Waals surface area contributed by atoms with E-state index in [-0.39, 0.29) is 23.2 Å². The second kappa shape index (κ2) is 9.40. The zero-order chi connectivity index (χ0) is 24.5. The van der Waals surface area contributed by atoms with Crippen molar-refractivity contribution in [2.75, 3.05) is 11.9 Å². The molecule has 180 valence electrons. The summed E-state index contributed by atoms with van der Waals surface area (Å²) in [5, 5.41) is 6.42. The average Bonchev–Trinajstić information content (AvgIpc) is 3.19. The zero-order valence-electron chi connectivity index (χ0n) is 19.9. The summed E-state index contributed by atoms with van der Waals surface area (Å²) in [6.07, 6.45) is 8.35. The SMILES string of the molecule is Cc1nc2c(F)cc(-c3nc(Nc4ccc(/C=C5\CCCCN5)cn4)ncc3F)cc2n1C(C)C. The Morgan fingerprint density at radius 2 is 1.91 bits per heavy atom. The van der Waals surface area contributed by atoms with Gasteiger partial charge in [-0.25, -0.2) is 28.7 Å². The highest BCUT2D eigenvalue weighted by Crippen LogP contribution is 2.30. The molecule has 0 saturated carbocycles. The molecular formula is C26H27F2N7. The third-order valence-electron chi connectivity index (χ3n) is 6.05. The van der Waals surface area contributed by atoms with E-state index in [2.05, 4.69) is 36.6 Å². The second-order valence-electron chi connectivity index (χ2n) is 8.99. The van der Waals surface area contributed by atoms with E-state index < -0.39 is 11.6 Å². The van der Waals surface area contributed by atoms with Gasteiger partial charge in [0, 0.05) is 30.0 Å². The monoisotopic (exact) mass is 475 g/mol. The molecule has 5 rings (SSSR count). The van der Waals surface area contributed by atoms with Gasteiger partial charge in [0.1, 0.15) is 22.9 Å². The standard InChI is InChI=1S/C26H27F2N7/c1-15(2)35-16(3)32-25-20(27)11-18(12-22(25)35)24-21(28)14-31-26(34-24)33-23-8-7-17(13-30-23)10-19-6-4-5-9-29-19/h7-8,10-15,29H,4-6,9H2,1-3H3,(H,30,31,33,34)/b19-10+. The number of piperidine rings is 1. The van der Waals surface area contributed by atoms with Crippen LogP contribution in [0.3, 0.4) is 0 Å². The number of aryl methyl sites for hydroxylation is 1. The molecule has 1 aliphatic heterocycles. The Morgan fingerprint density at radius 3 is 2.63 bits per heavy atom. The topological polar surface area (TPSA) is 80.6 Å². The minimum absolute atomic E-state index is 0.00202. The van der Waals surface area contributed by atoms with E-state index in [0.717, 1.165) is 24.7 Å². The van der Waals surface area contributed by atoms with Gasteiger partial charge >= 0.3 is 0 Å². The molecule has 3 aromatic heterocycles. The normalized spacial score (nSPS) is 15.1. The van der Waals surface area contributed by atoms with Crippen LogP contribution < -0.4 is 10.6 Å². The number of anilines is 2. The van der Waals surface area contributed by atoms with Crippen LogP contribution in [-0.2, 0) is 0 Å². The second-order valence-corrected chi connectivity index (χ2v) is 8.99. The average molecular weight is 476 g/mol. The van der Waals surface area contributed by atoms with Gasteiger partial charge in [-0.3, -0.25) is 0 Å². The lowest BCUT2D eigenvalue weighted by Gasteiger charge is -2.16. The first kappa shape index (κ1) is 22.9. The number of nitrogens with zero attached hydrogens (tertiary/aromatic N) is 5. The molecule has 2 N–H and O–H groups in total. The van der Waals surface area contributed by atoms with Gasteiger partial charge < -0.3 is 15.2 Å². The fraction of sp³-hybridized carbons (Fsp3) is 0.308. The van der Waals surface area contributed by atoms with Gasteiger partial charge in [-0.15, -0.1) is 0 Å². The molecule has 1 aliphatic rings. The minimum atomic E-state index is -0.642. The first-order chi connectivity index (χ1) is 16.9. The van der Waals surface area contributed by atoms with Crippen LogP contribution in [0.15, 0.2) is 42.4 Å². The maximum absolute atomic E-state index is 14.9. The molecule has 0 atom stereocenters. The lowest BCUT2D eigenvalue weighted by Crippen LogP contribution is -2.19. The largest absolute Gasteiger partial charge is 0.388 e. The van der Waals surface area contributed by atoms with Crippen molar-refractivity contribution in [2.24, 2.45) is 0 Å². The summed E-state index contributed by atoms with van der Waals surface area (Å²) in [4.78, 5) is 17.1. The van der Waals surface area contributed by atoms with Crippen molar-refractivity contribution in [3.05, 3.63) is 65.4 Å². The molecule has 7 nitrogen and oxygen atoms in total. The van der Waals surface area contributed by atoms with E-state index in [9.17, 15) is 8.78 Å². The van der Waals surface area contributed by atoms with Crippen molar-refractivity contribution in [1.29, 1.82) is 0 Å². The third-order valence-corrected chi connectivity index (χ3v) is 6.05. The Labute approximate surface area is 202 Å². The maximum atomic E-state index is 14.9. The number of pyridine rings is 1. The summed E-state index contributed by atoms with van der Waals surface area (Å²) in [6, 6.07) is 6.81. The molecule has 0 aliphatic carbocycles. The van der Waals surface area contributed by atoms with E-state index in [4.69, 9.17) is 0 Å². The Kier molecular flexibility index (Phi) is 6.15. The Morgan fingerprint density at radius 1 is 1.06 bits per heavy atom. The molecule has 4 heterocycles. The van der Waals surface area contributed by atoms with E-state index in [0.29, 0.717) is 22.7 Å². The number of fused-ring (bicyclic) bond motifs is 1. The molecule has 0 amide bonds. The Hall–Kier alpha value is -3.88. The number of allylic oxidation sites excluding steroid dienone is 1. The number of aromatic nitrogens is 5. The van der Waals surface area contributed by atoms with Gasteiger partial charge in [0.15, 0.2) is 11.6 Å². The van der Waals surface area contributed by atoms with Crippen LogP contribution in [0.5, 0.6) is 0 Å². The lowest BCUT2D eigenvalue weighted by molar-refractivity contribution is 0.592. The quantitative estimate of drug-likeness (QED) is 0.373. The number of imidazole rings is 1. The van der Waals surface area contributed by atoms with Crippen molar-refractivity contribution in [2.45, 2.75) is 46.1 Å². The van der Waals surface area contributed by atoms with Crippen LogP contribution in [0.25, 0.3) is 28.4 Å². The third kappa shape index (κ3) is 4.71. The summed E-state index contributed by atoms with van der Waals surface area (Å²) in [5.74, 6) is 0.225. The number of hydrogen-bond acceptors (Lipinski definition) is 6. The van der Waals surface area contributed by atoms with Gasteiger partial charge in [0.25, 0.3) is 0 Å². The summed E-state index contributed by atoms with van der Waals surface area (Å²) < 4.78 is 31.6. The molecule has 1 saturated heterocycles. The van der Waals surface area contributed by atoms with Gasteiger partial charge in [0.05, 0.1) is 11.7 Å². The van der Waals surface area contributed by atoms with E-state index in [1.165, 1.54) is 24.6 Å². The highest BCUT2D eigenvalue weighted by atomic mass is 19.1. The number of halogens is 2. The van der Waals surface area contributed by atoms with Crippen molar-refractivity contribution in [1.82, 2.24) is 29.8 Å². The van der Waals surface area contributed by atoms with Crippen molar-refractivity contribution < 1.29 is 8.78 Å². The van der Waals surface area contributed by atoms with Crippen LogP contribution in [0.4, 0.5) is 20.5 Å². The smallest absolute Gasteiger partial charge is 0.229 e. The van der Waals surface area contributed by atoms with E-state index >= 15 is 0 Å². The number of rotatable bonds is 5. The predicted molar refractivity (Wildman–Crippen MR) is 133 cm³/mol. The van der Waals surface area contributed by atoms with Crippen LogP contribution in [0, 0.1) is 18.6 Å².